The van der Waals surface area contributed by atoms with E-state index in [0.29, 0.717) is 0 Å². The molecule has 1 aliphatic carbocycles. The number of hydrogen-bond donors (Lipinski definition) is 1. The standard InChI is InChI=1S/C14H21N3OS/c1-10(18)15-11-5-4-8-17(9-11)14-16-12-6-2-3-7-13(12)19-14/h11H,2-9H2,1H3,(H,15,18). The molecule has 0 aromatic carbocycles. The van der Waals surface area contributed by atoms with Crippen molar-refractivity contribution >= 4 is 22.4 Å². The largest absolute Gasteiger partial charge is 0.352 e. The second-order valence-electron chi connectivity index (χ2n) is 5.56. The third-order valence-corrected chi connectivity index (χ3v) is 5.15. The molecule has 0 spiro atoms. The Morgan fingerprint density at radius 3 is 3.00 bits per heavy atom. The van der Waals surface area contributed by atoms with Crippen LogP contribution in [0.25, 0.3) is 0 Å². The number of nitrogens with one attached hydrogen (secondary N) is 1. The predicted octanol–water partition coefficient (Wildman–Crippen LogP) is 2.13. The molecule has 4 nitrogen and oxygen atoms in total. The van der Waals surface area contributed by atoms with Gasteiger partial charge in [0.05, 0.1) is 5.69 Å². The van der Waals surface area contributed by atoms with Gasteiger partial charge >= 0.3 is 0 Å². The molecule has 1 amide bonds. The smallest absolute Gasteiger partial charge is 0.217 e. The molecule has 1 aliphatic heterocycles. The minimum absolute atomic E-state index is 0.0743. The molecule has 1 unspecified atom stereocenters. The van der Waals surface area contributed by atoms with Gasteiger partial charge in [-0.25, -0.2) is 4.98 Å². The lowest BCUT2D eigenvalue weighted by Gasteiger charge is -2.32. The summed E-state index contributed by atoms with van der Waals surface area (Å²) in [5.74, 6) is 0.0743. The van der Waals surface area contributed by atoms with Crippen LogP contribution in [0.1, 0.15) is 43.2 Å². The molecule has 0 radical (unpaired) electrons. The van der Waals surface area contributed by atoms with Crippen LogP contribution in [0.5, 0.6) is 0 Å². The van der Waals surface area contributed by atoms with Crippen LogP contribution in [-0.4, -0.2) is 30.0 Å². The van der Waals surface area contributed by atoms with E-state index in [2.05, 4.69) is 10.2 Å². The molecule has 1 fully saturated rings. The second-order valence-corrected chi connectivity index (χ2v) is 6.62. The van der Waals surface area contributed by atoms with Gasteiger partial charge in [-0.15, -0.1) is 11.3 Å². The summed E-state index contributed by atoms with van der Waals surface area (Å²) in [7, 11) is 0. The van der Waals surface area contributed by atoms with Gasteiger partial charge in [-0.3, -0.25) is 4.79 Å². The fraction of sp³-hybridized carbons (Fsp3) is 0.714. The summed E-state index contributed by atoms with van der Waals surface area (Å²) in [6, 6.07) is 0.284. The Morgan fingerprint density at radius 1 is 1.37 bits per heavy atom. The van der Waals surface area contributed by atoms with Gasteiger partial charge < -0.3 is 10.2 Å². The first-order valence-corrected chi connectivity index (χ1v) is 8.04. The maximum atomic E-state index is 11.2. The SMILES string of the molecule is CC(=O)NC1CCCN(c2nc3c(s2)CCCC3)C1. The molecule has 2 heterocycles. The molecule has 19 heavy (non-hydrogen) atoms. The molecule has 1 aromatic rings. The zero-order valence-corrected chi connectivity index (χ0v) is 12.3. The van der Waals surface area contributed by atoms with Gasteiger partial charge in [-0.2, -0.15) is 0 Å². The molecule has 0 bridgehead atoms. The average Bonchev–Trinajstić information content (AvgIpc) is 2.82. The van der Waals surface area contributed by atoms with Crippen molar-refractivity contribution in [1.29, 1.82) is 0 Å². The van der Waals surface area contributed by atoms with E-state index >= 15 is 0 Å². The quantitative estimate of drug-likeness (QED) is 0.902. The minimum Gasteiger partial charge on any atom is -0.352 e. The van der Waals surface area contributed by atoms with E-state index in [4.69, 9.17) is 4.98 Å². The molecule has 1 aromatic heterocycles. The van der Waals surface area contributed by atoms with E-state index in [1.165, 1.54) is 35.0 Å². The number of aromatic nitrogens is 1. The van der Waals surface area contributed by atoms with Crippen LogP contribution >= 0.6 is 11.3 Å². The summed E-state index contributed by atoms with van der Waals surface area (Å²) in [6.45, 7) is 3.58. The lowest BCUT2D eigenvalue weighted by atomic mass is 10.0. The van der Waals surface area contributed by atoms with Crippen LogP contribution in [0.4, 0.5) is 5.13 Å². The van der Waals surface area contributed by atoms with Gasteiger partial charge in [-0.1, -0.05) is 0 Å². The highest BCUT2D eigenvalue weighted by Gasteiger charge is 2.24. The normalized spacial score (nSPS) is 23.0. The summed E-state index contributed by atoms with van der Waals surface area (Å²) in [4.78, 5) is 19.8. The zero-order valence-electron chi connectivity index (χ0n) is 11.4. The Hall–Kier alpha value is -1.10. The van der Waals surface area contributed by atoms with Gasteiger partial charge in [0.25, 0.3) is 0 Å². The fourth-order valence-corrected chi connectivity index (χ4v) is 4.21. The first-order chi connectivity index (χ1) is 9.22. The van der Waals surface area contributed by atoms with Gasteiger partial charge in [0.15, 0.2) is 5.13 Å². The predicted molar refractivity (Wildman–Crippen MR) is 77.8 cm³/mol. The van der Waals surface area contributed by atoms with Crippen LogP contribution < -0.4 is 10.2 Å². The van der Waals surface area contributed by atoms with E-state index in [1.54, 1.807) is 6.92 Å². The molecule has 5 heteroatoms. The molecular weight excluding hydrogens is 258 g/mol. The Balaban J connectivity index is 1.70. The number of amides is 1. The third-order valence-electron chi connectivity index (χ3n) is 3.93. The number of hydrogen-bond acceptors (Lipinski definition) is 4. The Bertz CT molecular complexity index is 448. The van der Waals surface area contributed by atoms with Crippen LogP contribution in [0.15, 0.2) is 0 Å². The highest BCUT2D eigenvalue weighted by molar-refractivity contribution is 7.15. The molecule has 104 valence electrons. The Morgan fingerprint density at radius 2 is 2.21 bits per heavy atom. The van der Waals surface area contributed by atoms with Crippen molar-refractivity contribution < 1.29 is 4.79 Å². The van der Waals surface area contributed by atoms with Gasteiger partial charge in [0.1, 0.15) is 0 Å². The van der Waals surface area contributed by atoms with E-state index in [0.717, 1.165) is 32.4 Å². The molecule has 2 aliphatic rings. The summed E-state index contributed by atoms with van der Waals surface area (Å²) in [5.41, 5.74) is 1.33. The van der Waals surface area contributed by atoms with Gasteiger partial charge in [0.2, 0.25) is 5.91 Å². The van der Waals surface area contributed by atoms with Crippen molar-refractivity contribution in [2.75, 3.05) is 18.0 Å². The van der Waals surface area contributed by atoms with Crippen molar-refractivity contribution in [2.45, 2.75) is 51.5 Å². The number of aryl methyl sites for hydroxylation is 2. The number of anilines is 1. The van der Waals surface area contributed by atoms with Crippen molar-refractivity contribution in [3.05, 3.63) is 10.6 Å². The van der Waals surface area contributed by atoms with E-state index in [-0.39, 0.29) is 11.9 Å². The minimum atomic E-state index is 0.0743. The molecule has 0 saturated carbocycles. The number of rotatable bonds is 2. The highest BCUT2D eigenvalue weighted by Crippen LogP contribution is 2.32. The highest BCUT2D eigenvalue weighted by atomic mass is 32.1. The van der Waals surface area contributed by atoms with Crippen molar-refractivity contribution in [1.82, 2.24) is 10.3 Å². The summed E-state index contributed by atoms with van der Waals surface area (Å²) in [6.07, 6.45) is 7.16. The van der Waals surface area contributed by atoms with Crippen LogP contribution in [0, 0.1) is 0 Å². The van der Waals surface area contributed by atoms with Gasteiger partial charge in [0, 0.05) is 30.9 Å². The second kappa shape index (κ2) is 5.49. The van der Waals surface area contributed by atoms with Crippen LogP contribution in [0.2, 0.25) is 0 Å². The van der Waals surface area contributed by atoms with Crippen molar-refractivity contribution in [3.8, 4) is 0 Å². The summed E-state index contributed by atoms with van der Waals surface area (Å²) >= 11 is 1.86. The monoisotopic (exact) mass is 279 g/mol. The Kier molecular flexibility index (Phi) is 3.73. The maximum Gasteiger partial charge on any atom is 0.217 e. The van der Waals surface area contributed by atoms with Crippen molar-refractivity contribution in [3.63, 3.8) is 0 Å². The lowest BCUT2D eigenvalue weighted by Crippen LogP contribution is -2.47. The zero-order chi connectivity index (χ0) is 13.2. The van der Waals surface area contributed by atoms with Crippen molar-refractivity contribution in [2.24, 2.45) is 0 Å². The van der Waals surface area contributed by atoms with Crippen LogP contribution in [-0.2, 0) is 17.6 Å². The summed E-state index contributed by atoms with van der Waals surface area (Å²) in [5, 5.41) is 4.21. The molecule has 1 atom stereocenters. The number of carbonyl (C=O) groups is 1. The molecule has 1 saturated heterocycles. The number of piperidine rings is 1. The van der Waals surface area contributed by atoms with E-state index in [1.807, 2.05) is 11.3 Å². The molecule has 1 N–H and O–H groups in total. The first kappa shape index (κ1) is 12.9. The summed E-state index contributed by atoms with van der Waals surface area (Å²) < 4.78 is 0. The van der Waals surface area contributed by atoms with Crippen LogP contribution in [0.3, 0.4) is 0 Å². The topological polar surface area (TPSA) is 45.2 Å². The maximum absolute atomic E-state index is 11.2. The molecule has 3 rings (SSSR count). The van der Waals surface area contributed by atoms with E-state index < -0.39 is 0 Å². The average molecular weight is 279 g/mol. The number of thiazole rings is 1. The number of fused-ring (bicyclic) bond motifs is 1. The third kappa shape index (κ3) is 2.91. The molecular formula is C14H21N3OS. The van der Waals surface area contributed by atoms with Gasteiger partial charge in [-0.05, 0) is 38.5 Å². The Labute approximate surface area is 118 Å². The lowest BCUT2D eigenvalue weighted by molar-refractivity contribution is -0.119. The fourth-order valence-electron chi connectivity index (χ4n) is 3.03. The number of carbonyl (C=O) groups excluding carboxylic acids is 1. The number of nitrogens with zero attached hydrogens (tertiary/aromatic N) is 2. The van der Waals surface area contributed by atoms with E-state index in [9.17, 15) is 4.79 Å². The first-order valence-electron chi connectivity index (χ1n) is 7.23.